The maximum Gasteiger partial charge on any atom is 0.408 e. The van der Waals surface area contributed by atoms with Gasteiger partial charge in [0.1, 0.15) is 6.61 Å². The predicted molar refractivity (Wildman–Crippen MR) is 67.8 cm³/mol. The summed E-state index contributed by atoms with van der Waals surface area (Å²) in [5.74, 6) is -2.64. The number of aliphatic carboxylic acids is 1. The van der Waals surface area contributed by atoms with E-state index >= 15 is 0 Å². The average molecular weight is 281 g/mol. The van der Waals surface area contributed by atoms with Gasteiger partial charge in [0.15, 0.2) is 0 Å². The Kier molecular flexibility index (Phi) is 5.08. The molecule has 20 heavy (non-hydrogen) atoms. The smallest absolute Gasteiger partial charge is 0.408 e. The molecule has 0 saturated heterocycles. The van der Waals surface area contributed by atoms with Crippen molar-refractivity contribution >= 4 is 18.0 Å². The van der Waals surface area contributed by atoms with Crippen molar-refractivity contribution in [2.45, 2.75) is 19.1 Å². The second-order valence-electron chi connectivity index (χ2n) is 4.11. The van der Waals surface area contributed by atoms with Crippen molar-refractivity contribution in [1.29, 1.82) is 0 Å². The maximum absolute atomic E-state index is 11.6. The van der Waals surface area contributed by atoms with Crippen molar-refractivity contribution in [2.24, 2.45) is 0 Å². The van der Waals surface area contributed by atoms with Gasteiger partial charge < -0.3 is 14.6 Å². The molecule has 7 heteroatoms. The second-order valence-corrected chi connectivity index (χ2v) is 4.11. The van der Waals surface area contributed by atoms with E-state index in [1.165, 1.54) is 0 Å². The molecular formula is C13H15NO6. The number of benzene rings is 1. The third-order valence-corrected chi connectivity index (χ3v) is 2.59. The largest absolute Gasteiger partial charge is 0.479 e. The molecular weight excluding hydrogens is 266 g/mol. The molecule has 0 aromatic heterocycles. The van der Waals surface area contributed by atoms with Crippen LogP contribution in [0.25, 0.3) is 0 Å². The monoisotopic (exact) mass is 281 g/mol. The first kappa shape index (κ1) is 15.5. The lowest BCUT2D eigenvalue weighted by molar-refractivity contribution is -0.159. The Bertz CT molecular complexity index is 501. The second kappa shape index (κ2) is 6.55. The maximum atomic E-state index is 11.6. The molecule has 108 valence electrons. The number of carbonyl (C=O) groups excluding carboxylic acids is 2. The molecule has 1 amide bonds. The molecule has 1 aromatic carbocycles. The van der Waals surface area contributed by atoms with Crippen LogP contribution in [0.15, 0.2) is 30.3 Å². The fraction of sp³-hybridized carbons (Fsp3) is 0.308. The molecule has 0 aliphatic rings. The van der Waals surface area contributed by atoms with E-state index < -0.39 is 23.6 Å². The predicted octanol–water partition coefficient (Wildman–Crippen LogP) is 0.929. The average Bonchev–Trinajstić information content (AvgIpc) is 2.45. The highest BCUT2D eigenvalue weighted by atomic mass is 16.6. The quantitative estimate of drug-likeness (QED) is 0.615. The Balaban J connectivity index is 2.64. The third-order valence-electron chi connectivity index (χ3n) is 2.59. The molecule has 1 rings (SSSR count). The molecule has 0 radical (unpaired) electrons. The first-order chi connectivity index (χ1) is 9.40. The van der Waals surface area contributed by atoms with E-state index in [2.05, 4.69) is 4.74 Å². The van der Waals surface area contributed by atoms with E-state index in [0.717, 1.165) is 19.6 Å². The molecule has 0 spiro atoms. The summed E-state index contributed by atoms with van der Waals surface area (Å²) in [6.07, 6.45) is -1.02. The van der Waals surface area contributed by atoms with Gasteiger partial charge in [0.05, 0.1) is 7.11 Å². The molecule has 0 saturated carbocycles. The van der Waals surface area contributed by atoms with Gasteiger partial charge in [-0.2, -0.15) is 0 Å². The summed E-state index contributed by atoms with van der Waals surface area (Å²) in [6.45, 7) is 0.981. The zero-order chi connectivity index (χ0) is 15.2. The van der Waals surface area contributed by atoms with Gasteiger partial charge in [-0.15, -0.1) is 0 Å². The van der Waals surface area contributed by atoms with Gasteiger partial charge >= 0.3 is 18.0 Å². The van der Waals surface area contributed by atoms with Crippen LogP contribution in [0, 0.1) is 0 Å². The Labute approximate surface area is 115 Å². The molecule has 1 atom stereocenters. The first-order valence-electron chi connectivity index (χ1n) is 5.71. The van der Waals surface area contributed by atoms with Gasteiger partial charge in [-0.1, -0.05) is 30.3 Å². The van der Waals surface area contributed by atoms with Crippen molar-refractivity contribution in [2.75, 3.05) is 7.11 Å². The summed E-state index contributed by atoms with van der Waals surface area (Å²) in [5, 5.41) is 11.0. The summed E-state index contributed by atoms with van der Waals surface area (Å²) in [4.78, 5) is 34.0. The molecule has 2 N–H and O–H groups in total. The molecule has 0 bridgehead atoms. The molecule has 1 unspecified atom stereocenters. The van der Waals surface area contributed by atoms with Gasteiger partial charge in [-0.3, -0.25) is 5.32 Å². The summed E-state index contributed by atoms with van der Waals surface area (Å²) in [6, 6.07) is 8.83. The van der Waals surface area contributed by atoms with Crippen molar-refractivity contribution < 1.29 is 29.0 Å². The van der Waals surface area contributed by atoms with E-state index in [1.807, 2.05) is 11.4 Å². The Morgan fingerprint density at radius 3 is 2.35 bits per heavy atom. The van der Waals surface area contributed by atoms with E-state index in [4.69, 9.17) is 9.84 Å². The minimum Gasteiger partial charge on any atom is -0.479 e. The summed E-state index contributed by atoms with van der Waals surface area (Å²) >= 11 is 0. The molecule has 1 aromatic rings. The van der Waals surface area contributed by atoms with Crippen molar-refractivity contribution in [3.05, 3.63) is 35.9 Å². The van der Waals surface area contributed by atoms with E-state index in [9.17, 15) is 14.4 Å². The zero-order valence-electron chi connectivity index (χ0n) is 11.1. The molecule has 0 aliphatic carbocycles. The highest BCUT2D eigenvalue weighted by Gasteiger charge is 2.44. The fourth-order valence-electron chi connectivity index (χ4n) is 1.36. The number of ether oxygens (including phenoxy) is 2. The van der Waals surface area contributed by atoms with Crippen LogP contribution in [0.3, 0.4) is 0 Å². The van der Waals surface area contributed by atoms with Crippen molar-refractivity contribution in [3.8, 4) is 0 Å². The standard InChI is InChI=1S/C13H15NO6/c1-13(10(15)16,11(17)19-2)14-12(18)20-8-9-6-4-3-5-7-9/h3-7H,8H2,1-2H3,(H,14,18)(H,15,16). The highest BCUT2D eigenvalue weighted by molar-refractivity contribution is 6.05. The van der Waals surface area contributed by atoms with Crippen LogP contribution in [-0.2, 0) is 25.7 Å². The number of hydrogen-bond donors (Lipinski definition) is 2. The number of carbonyl (C=O) groups is 3. The summed E-state index contributed by atoms with van der Waals surface area (Å²) in [5.41, 5.74) is -1.46. The SMILES string of the molecule is COC(=O)C(C)(NC(=O)OCc1ccccc1)C(=O)O. The Morgan fingerprint density at radius 2 is 1.85 bits per heavy atom. The lowest BCUT2D eigenvalue weighted by Crippen LogP contribution is -2.58. The first-order valence-corrected chi connectivity index (χ1v) is 5.71. The lowest BCUT2D eigenvalue weighted by atomic mass is 10.0. The highest BCUT2D eigenvalue weighted by Crippen LogP contribution is 2.08. The van der Waals surface area contributed by atoms with Crippen molar-refractivity contribution in [3.63, 3.8) is 0 Å². The molecule has 7 nitrogen and oxygen atoms in total. The van der Waals surface area contributed by atoms with E-state index in [-0.39, 0.29) is 6.61 Å². The number of rotatable bonds is 5. The number of nitrogens with one attached hydrogen (secondary N) is 1. The van der Waals surface area contributed by atoms with Crippen LogP contribution in [0.2, 0.25) is 0 Å². The van der Waals surface area contributed by atoms with E-state index in [0.29, 0.717) is 0 Å². The van der Waals surface area contributed by atoms with Crippen LogP contribution >= 0.6 is 0 Å². The number of esters is 1. The number of carboxylic acids is 1. The number of carboxylic acid groups (broad SMARTS) is 1. The molecule has 0 fully saturated rings. The lowest BCUT2D eigenvalue weighted by Gasteiger charge is -2.22. The normalized spacial score (nSPS) is 12.9. The number of alkyl carbamates (subject to hydrolysis) is 1. The Morgan fingerprint density at radius 1 is 1.25 bits per heavy atom. The fourth-order valence-corrected chi connectivity index (χ4v) is 1.36. The summed E-state index contributed by atoms with van der Waals surface area (Å²) < 4.78 is 9.20. The molecule has 0 heterocycles. The number of amides is 1. The van der Waals surface area contributed by atoms with Crippen molar-refractivity contribution in [1.82, 2.24) is 5.32 Å². The van der Waals surface area contributed by atoms with Crippen LogP contribution in [0.1, 0.15) is 12.5 Å². The van der Waals surface area contributed by atoms with Crippen LogP contribution in [-0.4, -0.2) is 35.8 Å². The van der Waals surface area contributed by atoms with Crippen LogP contribution in [0.5, 0.6) is 0 Å². The Hall–Kier alpha value is -2.57. The van der Waals surface area contributed by atoms with E-state index in [1.54, 1.807) is 24.3 Å². The zero-order valence-corrected chi connectivity index (χ0v) is 11.1. The topological polar surface area (TPSA) is 102 Å². The van der Waals surface area contributed by atoms with Gasteiger partial charge in [-0.25, -0.2) is 14.4 Å². The number of methoxy groups -OCH3 is 1. The third kappa shape index (κ3) is 3.71. The minimum atomic E-state index is -2.19. The van der Waals surface area contributed by atoms with Gasteiger partial charge in [0.2, 0.25) is 5.54 Å². The summed E-state index contributed by atoms with van der Waals surface area (Å²) in [7, 11) is 1.03. The van der Waals surface area contributed by atoms with Crippen LogP contribution < -0.4 is 5.32 Å². The van der Waals surface area contributed by atoms with Gasteiger partial charge in [0.25, 0.3) is 0 Å². The minimum absolute atomic E-state index is 0.0381. The molecule has 0 aliphatic heterocycles. The van der Waals surface area contributed by atoms with Gasteiger partial charge in [-0.05, 0) is 12.5 Å². The van der Waals surface area contributed by atoms with Crippen LogP contribution in [0.4, 0.5) is 4.79 Å². The number of hydrogen-bond acceptors (Lipinski definition) is 5. The van der Waals surface area contributed by atoms with Gasteiger partial charge in [0, 0.05) is 0 Å².